The highest BCUT2D eigenvalue weighted by Gasteiger charge is 2.26. The number of hydrogen-bond donors (Lipinski definition) is 0. The number of carbonyl (C=O) groups is 1. The largest absolute Gasteiger partial charge is 0.450 e. The molecule has 0 saturated carbocycles. The molecule has 0 spiro atoms. The Morgan fingerprint density at radius 2 is 1.88 bits per heavy atom. The molecule has 0 aliphatic carbocycles. The summed E-state index contributed by atoms with van der Waals surface area (Å²) in [4.78, 5) is 12.1. The number of cyclic esters (lactones) is 1. The second kappa shape index (κ2) is 8.68. The molecule has 2 rings (SSSR count). The summed E-state index contributed by atoms with van der Waals surface area (Å²) in [6.07, 6.45) is 10.1. The fourth-order valence-corrected chi connectivity index (χ4v) is 2.89. The molecule has 0 aromatic heterocycles. The van der Waals surface area contributed by atoms with Gasteiger partial charge in [0.25, 0.3) is 0 Å². The lowest BCUT2D eigenvalue weighted by molar-refractivity contribution is -0.140. The first-order valence-corrected chi connectivity index (χ1v) is 8.73. The molecule has 0 N–H and O–H groups in total. The zero-order valence-corrected chi connectivity index (χ0v) is 15.3. The van der Waals surface area contributed by atoms with Crippen molar-refractivity contribution >= 4 is 5.97 Å². The lowest BCUT2D eigenvalue weighted by Gasteiger charge is -2.10. The molecule has 1 aliphatic rings. The van der Waals surface area contributed by atoms with Gasteiger partial charge in [-0.3, -0.25) is 0 Å². The average molecular weight is 324 g/mol. The van der Waals surface area contributed by atoms with E-state index in [1.165, 1.54) is 11.1 Å². The number of carbonyl (C=O) groups excluding carboxylic acids is 1. The Morgan fingerprint density at radius 1 is 1.12 bits per heavy atom. The summed E-state index contributed by atoms with van der Waals surface area (Å²) in [5.41, 5.74) is 5.78. The number of aryl methyl sites for hydroxylation is 1. The van der Waals surface area contributed by atoms with Gasteiger partial charge in [-0.25, -0.2) is 4.79 Å². The first kappa shape index (κ1) is 18.3. The van der Waals surface area contributed by atoms with Crippen LogP contribution in [0, 0.1) is 6.92 Å². The van der Waals surface area contributed by atoms with E-state index in [0.29, 0.717) is 0 Å². The molecule has 1 aromatic rings. The third kappa shape index (κ3) is 5.23. The number of allylic oxidation sites excluding steroid dienone is 4. The van der Waals surface area contributed by atoms with E-state index >= 15 is 0 Å². The van der Waals surface area contributed by atoms with Gasteiger partial charge >= 0.3 is 5.97 Å². The van der Waals surface area contributed by atoms with Crippen LogP contribution >= 0.6 is 0 Å². The minimum atomic E-state index is -0.226. The summed E-state index contributed by atoms with van der Waals surface area (Å²) in [6.45, 7) is 8.47. The van der Waals surface area contributed by atoms with Crippen LogP contribution in [-0.4, -0.2) is 5.97 Å². The SMILES string of the molecule is CC(C)=CCC/C(C)=C/CCC1=C[C@@H](c2ccccc2C)OC1=O. The average Bonchev–Trinajstić information content (AvgIpc) is 2.88. The molecular formula is C22H28O2. The van der Waals surface area contributed by atoms with Crippen molar-refractivity contribution in [2.24, 2.45) is 0 Å². The zero-order chi connectivity index (χ0) is 17.5. The molecule has 24 heavy (non-hydrogen) atoms. The van der Waals surface area contributed by atoms with Crippen molar-refractivity contribution in [3.8, 4) is 0 Å². The Bertz CT molecular complexity index is 673. The van der Waals surface area contributed by atoms with Gasteiger partial charge < -0.3 is 4.74 Å². The van der Waals surface area contributed by atoms with Gasteiger partial charge in [-0.2, -0.15) is 0 Å². The lowest BCUT2D eigenvalue weighted by atomic mass is 10.0. The van der Waals surface area contributed by atoms with Crippen LogP contribution in [0.3, 0.4) is 0 Å². The highest BCUT2D eigenvalue weighted by molar-refractivity contribution is 5.91. The van der Waals surface area contributed by atoms with Crippen molar-refractivity contribution in [1.82, 2.24) is 0 Å². The van der Waals surface area contributed by atoms with E-state index in [1.54, 1.807) is 0 Å². The van der Waals surface area contributed by atoms with Crippen LogP contribution in [0.5, 0.6) is 0 Å². The number of rotatable bonds is 7. The monoisotopic (exact) mass is 324 g/mol. The molecular weight excluding hydrogens is 296 g/mol. The van der Waals surface area contributed by atoms with E-state index in [9.17, 15) is 4.79 Å². The molecule has 1 atom stereocenters. The highest BCUT2D eigenvalue weighted by atomic mass is 16.5. The fraction of sp³-hybridized carbons (Fsp3) is 0.409. The fourth-order valence-electron chi connectivity index (χ4n) is 2.89. The maximum Gasteiger partial charge on any atom is 0.334 e. The van der Waals surface area contributed by atoms with Crippen LogP contribution in [0.25, 0.3) is 0 Å². The first-order chi connectivity index (χ1) is 11.5. The predicted molar refractivity (Wildman–Crippen MR) is 99.8 cm³/mol. The molecule has 2 nitrogen and oxygen atoms in total. The van der Waals surface area contributed by atoms with Gasteiger partial charge in [-0.15, -0.1) is 0 Å². The van der Waals surface area contributed by atoms with Crippen LogP contribution in [0.1, 0.15) is 63.7 Å². The maximum atomic E-state index is 12.1. The van der Waals surface area contributed by atoms with Crippen molar-refractivity contribution in [2.45, 2.75) is 59.5 Å². The smallest absolute Gasteiger partial charge is 0.334 e. The lowest BCUT2D eigenvalue weighted by Crippen LogP contribution is -2.03. The van der Waals surface area contributed by atoms with Crippen LogP contribution in [0.2, 0.25) is 0 Å². The van der Waals surface area contributed by atoms with Gasteiger partial charge in [0.05, 0.1) is 0 Å². The normalized spacial score (nSPS) is 17.5. The van der Waals surface area contributed by atoms with E-state index in [0.717, 1.165) is 42.4 Å². The number of benzene rings is 1. The van der Waals surface area contributed by atoms with Crippen LogP contribution in [-0.2, 0) is 9.53 Å². The minimum Gasteiger partial charge on any atom is -0.450 e. The molecule has 0 bridgehead atoms. The van der Waals surface area contributed by atoms with E-state index < -0.39 is 0 Å². The number of hydrogen-bond acceptors (Lipinski definition) is 2. The molecule has 1 aromatic carbocycles. The van der Waals surface area contributed by atoms with Gasteiger partial charge in [0.2, 0.25) is 0 Å². The summed E-state index contributed by atoms with van der Waals surface area (Å²) in [5, 5.41) is 0. The zero-order valence-electron chi connectivity index (χ0n) is 15.3. The topological polar surface area (TPSA) is 26.3 Å². The van der Waals surface area contributed by atoms with Gasteiger partial charge in [0.1, 0.15) is 6.10 Å². The molecule has 1 heterocycles. The molecule has 0 amide bonds. The van der Waals surface area contributed by atoms with Gasteiger partial charge in [-0.05, 0) is 70.6 Å². The second-order valence-electron chi connectivity index (χ2n) is 6.78. The molecule has 0 saturated heterocycles. The molecule has 1 aliphatic heterocycles. The van der Waals surface area contributed by atoms with E-state index in [1.807, 2.05) is 37.3 Å². The summed E-state index contributed by atoms with van der Waals surface area (Å²) >= 11 is 0. The summed E-state index contributed by atoms with van der Waals surface area (Å²) < 4.78 is 5.53. The summed E-state index contributed by atoms with van der Waals surface area (Å²) in [5.74, 6) is -0.168. The quantitative estimate of drug-likeness (QED) is 0.454. The van der Waals surface area contributed by atoms with Gasteiger partial charge in [0, 0.05) is 5.57 Å². The molecule has 128 valence electrons. The minimum absolute atomic E-state index is 0.168. The molecule has 0 unspecified atom stereocenters. The Kier molecular flexibility index (Phi) is 6.60. The molecule has 0 radical (unpaired) electrons. The van der Waals surface area contributed by atoms with Gasteiger partial charge in [-0.1, -0.05) is 47.6 Å². The van der Waals surface area contributed by atoms with Crippen molar-refractivity contribution in [2.75, 3.05) is 0 Å². The van der Waals surface area contributed by atoms with Crippen molar-refractivity contribution < 1.29 is 9.53 Å². The van der Waals surface area contributed by atoms with E-state index in [2.05, 4.69) is 32.9 Å². The maximum absolute atomic E-state index is 12.1. The van der Waals surface area contributed by atoms with Crippen LogP contribution in [0.15, 0.2) is 59.2 Å². The van der Waals surface area contributed by atoms with Crippen molar-refractivity contribution in [3.05, 3.63) is 70.3 Å². The van der Waals surface area contributed by atoms with Gasteiger partial charge in [0.15, 0.2) is 0 Å². The summed E-state index contributed by atoms with van der Waals surface area (Å²) in [7, 11) is 0. The third-order valence-electron chi connectivity index (χ3n) is 4.34. The Labute approximate surface area is 145 Å². The second-order valence-corrected chi connectivity index (χ2v) is 6.78. The molecule has 0 fully saturated rings. The highest BCUT2D eigenvalue weighted by Crippen LogP contribution is 2.31. The van der Waals surface area contributed by atoms with Crippen molar-refractivity contribution in [3.63, 3.8) is 0 Å². The van der Waals surface area contributed by atoms with E-state index in [4.69, 9.17) is 4.74 Å². The van der Waals surface area contributed by atoms with Crippen LogP contribution in [0.4, 0.5) is 0 Å². The third-order valence-corrected chi connectivity index (χ3v) is 4.34. The van der Waals surface area contributed by atoms with Crippen molar-refractivity contribution in [1.29, 1.82) is 0 Å². The summed E-state index contributed by atoms with van der Waals surface area (Å²) in [6, 6.07) is 8.07. The number of esters is 1. The molecule has 2 heteroatoms. The predicted octanol–water partition coefficient (Wildman–Crippen LogP) is 5.99. The number of ether oxygens (including phenoxy) is 1. The Balaban J connectivity index is 1.90. The first-order valence-electron chi connectivity index (χ1n) is 8.73. The Morgan fingerprint density at radius 3 is 2.58 bits per heavy atom. The van der Waals surface area contributed by atoms with Crippen LogP contribution < -0.4 is 0 Å². The Hall–Kier alpha value is -2.09. The van der Waals surface area contributed by atoms with E-state index in [-0.39, 0.29) is 12.1 Å². The standard InChI is InChI=1S/C22H28O2/c1-16(2)9-7-10-17(3)11-8-13-19-15-21(24-22(19)23)20-14-6-5-12-18(20)4/h5-6,9,11-12,14-15,21H,7-8,10,13H2,1-4H3/b17-11+/t21-/m0/s1.